The van der Waals surface area contributed by atoms with E-state index >= 15 is 0 Å². The second-order valence-corrected chi connectivity index (χ2v) is 10.9. The molecule has 3 aromatic carbocycles. The number of para-hydroxylation sites is 2. The Kier molecular flexibility index (Phi) is 7.39. The molecule has 2 aliphatic heterocycles. The van der Waals surface area contributed by atoms with Crippen molar-refractivity contribution in [2.75, 3.05) is 51.1 Å². The van der Waals surface area contributed by atoms with Crippen LogP contribution >= 0.6 is 11.8 Å². The summed E-state index contributed by atoms with van der Waals surface area (Å²) in [5.74, 6) is 2.34. The molecule has 8 heteroatoms. The number of fused-ring (bicyclic) bond motifs is 2. The smallest absolute Gasteiger partial charge is 0.255 e. The Morgan fingerprint density at radius 3 is 2.56 bits per heavy atom. The molecule has 0 spiro atoms. The highest BCUT2D eigenvalue weighted by molar-refractivity contribution is 7.98. The number of thioether (sulfide) groups is 1. The summed E-state index contributed by atoms with van der Waals surface area (Å²) in [4.78, 5) is 19.8. The number of rotatable bonds is 7. The van der Waals surface area contributed by atoms with E-state index in [4.69, 9.17) is 14.2 Å². The summed E-state index contributed by atoms with van der Waals surface area (Å²) in [6.45, 7) is 5.03. The van der Waals surface area contributed by atoms with Crippen LogP contribution in [0.1, 0.15) is 5.56 Å². The Hall–Kier alpha value is -3.62. The van der Waals surface area contributed by atoms with Crippen LogP contribution in [-0.2, 0) is 13.1 Å². The first kappa shape index (κ1) is 25.6. The largest absolute Gasteiger partial charge is 0.497 e. The molecule has 0 radical (unpaired) electrons. The summed E-state index contributed by atoms with van der Waals surface area (Å²) in [5.41, 5.74) is 2.95. The molecule has 0 unspecified atom stereocenters. The Morgan fingerprint density at radius 2 is 1.77 bits per heavy atom. The second-order valence-electron chi connectivity index (χ2n) is 9.97. The first-order chi connectivity index (χ1) is 19.1. The number of aromatic nitrogens is 1. The topological polar surface area (TPSA) is 56.2 Å². The van der Waals surface area contributed by atoms with Gasteiger partial charge in [-0.25, -0.2) is 0 Å². The third kappa shape index (κ3) is 5.44. The predicted octanol–water partition coefficient (Wildman–Crippen LogP) is 4.89. The molecule has 6 rings (SSSR count). The molecule has 2 aliphatic rings. The zero-order valence-electron chi connectivity index (χ0n) is 22.3. The number of piperazine rings is 1. The molecule has 3 heterocycles. The zero-order chi connectivity index (χ0) is 26.8. The van der Waals surface area contributed by atoms with E-state index in [9.17, 15) is 4.79 Å². The van der Waals surface area contributed by atoms with Gasteiger partial charge in [0.1, 0.15) is 12.4 Å². The van der Waals surface area contributed by atoms with E-state index in [-0.39, 0.29) is 11.7 Å². The molecule has 0 aliphatic carbocycles. The lowest BCUT2D eigenvalue weighted by molar-refractivity contribution is 0.0786. The van der Waals surface area contributed by atoms with Gasteiger partial charge in [0, 0.05) is 54.9 Å². The third-order valence-corrected chi connectivity index (χ3v) is 8.24. The van der Waals surface area contributed by atoms with Gasteiger partial charge in [0.05, 0.1) is 19.2 Å². The number of hydrogen-bond donors (Lipinski definition) is 0. The summed E-state index contributed by atoms with van der Waals surface area (Å²) < 4.78 is 19.5. The maximum absolute atomic E-state index is 13.9. The number of methoxy groups -OCH3 is 1. The summed E-state index contributed by atoms with van der Waals surface area (Å²) >= 11 is 1.68. The van der Waals surface area contributed by atoms with E-state index in [1.165, 1.54) is 5.69 Å². The van der Waals surface area contributed by atoms with Crippen molar-refractivity contribution in [1.82, 2.24) is 9.47 Å². The lowest BCUT2D eigenvalue weighted by atomic mass is 10.1. The van der Waals surface area contributed by atoms with Gasteiger partial charge in [0.2, 0.25) is 0 Å². The number of benzene rings is 3. The molecule has 7 nitrogen and oxygen atoms in total. The number of pyridine rings is 1. The fraction of sp³-hybridized carbons (Fsp3) is 0.323. The van der Waals surface area contributed by atoms with E-state index in [0.29, 0.717) is 19.7 Å². The van der Waals surface area contributed by atoms with Crippen molar-refractivity contribution >= 4 is 28.4 Å². The van der Waals surface area contributed by atoms with Gasteiger partial charge in [-0.3, -0.25) is 9.69 Å². The third-order valence-electron chi connectivity index (χ3n) is 7.52. The fourth-order valence-corrected chi connectivity index (χ4v) is 5.84. The molecule has 202 valence electrons. The molecule has 1 fully saturated rings. The van der Waals surface area contributed by atoms with Crippen LogP contribution in [0.15, 0.2) is 82.5 Å². The van der Waals surface area contributed by atoms with Gasteiger partial charge in [0.25, 0.3) is 5.56 Å². The molecule has 0 N–H and O–H groups in total. The molecular weight excluding hydrogens is 510 g/mol. The summed E-state index contributed by atoms with van der Waals surface area (Å²) in [5, 5.41) is 1.06. The van der Waals surface area contributed by atoms with Crippen molar-refractivity contribution in [3.63, 3.8) is 0 Å². The van der Waals surface area contributed by atoms with Gasteiger partial charge < -0.3 is 23.7 Å². The monoisotopic (exact) mass is 543 g/mol. The highest BCUT2D eigenvalue weighted by Crippen LogP contribution is 2.32. The Labute approximate surface area is 232 Å². The number of nitrogens with zero attached hydrogens (tertiary/aromatic N) is 3. The van der Waals surface area contributed by atoms with E-state index in [1.807, 2.05) is 41.0 Å². The quantitative estimate of drug-likeness (QED) is 0.308. The molecule has 1 saturated heterocycles. The predicted molar refractivity (Wildman–Crippen MR) is 157 cm³/mol. The van der Waals surface area contributed by atoms with Crippen molar-refractivity contribution in [1.29, 1.82) is 0 Å². The Bertz CT molecular complexity index is 1530. The Morgan fingerprint density at radius 1 is 0.949 bits per heavy atom. The number of ether oxygens (including phenoxy) is 3. The summed E-state index contributed by atoms with van der Waals surface area (Å²) in [6.07, 6.45) is 1.80. The van der Waals surface area contributed by atoms with E-state index in [2.05, 4.69) is 52.5 Å². The van der Waals surface area contributed by atoms with Crippen molar-refractivity contribution in [2.24, 2.45) is 0 Å². The summed E-state index contributed by atoms with van der Waals surface area (Å²) in [6, 6.07) is 24.3. The first-order valence-corrected chi connectivity index (χ1v) is 14.5. The number of hydrogen-bond acceptors (Lipinski definition) is 7. The minimum absolute atomic E-state index is 0.0402. The number of anilines is 1. The maximum atomic E-state index is 13.9. The molecular formula is C31H33N3O4S. The normalized spacial score (nSPS) is 17.4. The minimum Gasteiger partial charge on any atom is -0.497 e. The highest BCUT2D eigenvalue weighted by atomic mass is 32.2. The SMILES string of the molecule is COc1cccc(N2CCN(Cc3cc4ccc(SC)cc4n(C[C@@H]4COc5ccccc5O4)c3=O)CC2)c1. The standard InChI is InChI=1S/C31H33N3O4S/c1-36-25-7-5-6-24(17-25)33-14-12-32(13-15-33)19-23-16-22-10-11-27(39-2)18-28(22)34(31(23)35)20-26-21-37-29-8-3-4-9-30(29)38-26/h3-11,16-18,26H,12-15,19-21H2,1-2H3/t26-/m1/s1. The average molecular weight is 544 g/mol. The Balaban J connectivity index is 1.24. The molecule has 0 bridgehead atoms. The van der Waals surface area contributed by atoms with Crippen molar-refractivity contribution in [3.05, 3.63) is 88.7 Å². The molecule has 1 atom stereocenters. The molecule has 0 amide bonds. The van der Waals surface area contributed by atoms with Crippen molar-refractivity contribution in [3.8, 4) is 17.2 Å². The zero-order valence-corrected chi connectivity index (χ0v) is 23.2. The fourth-order valence-electron chi connectivity index (χ4n) is 5.40. The van der Waals surface area contributed by atoms with Crippen LogP contribution in [0.3, 0.4) is 0 Å². The van der Waals surface area contributed by atoms with Gasteiger partial charge in [-0.1, -0.05) is 24.3 Å². The van der Waals surface area contributed by atoms with Gasteiger partial charge in [0.15, 0.2) is 17.6 Å². The lowest BCUT2D eigenvalue weighted by Crippen LogP contribution is -2.46. The maximum Gasteiger partial charge on any atom is 0.255 e. The second kappa shape index (κ2) is 11.2. The average Bonchev–Trinajstić information content (AvgIpc) is 2.99. The van der Waals surface area contributed by atoms with Crippen LogP contribution in [0.5, 0.6) is 17.2 Å². The minimum atomic E-state index is -0.250. The van der Waals surface area contributed by atoms with Gasteiger partial charge in [-0.2, -0.15) is 0 Å². The van der Waals surface area contributed by atoms with Crippen LogP contribution in [0, 0.1) is 0 Å². The lowest BCUT2D eigenvalue weighted by Gasteiger charge is -2.36. The van der Waals surface area contributed by atoms with Crippen LogP contribution in [0.4, 0.5) is 5.69 Å². The highest BCUT2D eigenvalue weighted by Gasteiger charge is 2.24. The molecule has 39 heavy (non-hydrogen) atoms. The van der Waals surface area contributed by atoms with Crippen LogP contribution in [0.25, 0.3) is 10.9 Å². The molecule has 1 aromatic heterocycles. The van der Waals surface area contributed by atoms with Gasteiger partial charge in [-0.05, 0) is 54.1 Å². The van der Waals surface area contributed by atoms with E-state index < -0.39 is 0 Å². The van der Waals surface area contributed by atoms with Crippen molar-refractivity contribution in [2.45, 2.75) is 24.1 Å². The van der Waals surface area contributed by atoms with Crippen LogP contribution < -0.4 is 24.7 Å². The van der Waals surface area contributed by atoms with E-state index in [1.54, 1.807) is 18.9 Å². The first-order valence-electron chi connectivity index (χ1n) is 13.3. The molecule has 0 saturated carbocycles. The molecule has 4 aromatic rings. The van der Waals surface area contributed by atoms with Gasteiger partial charge >= 0.3 is 0 Å². The van der Waals surface area contributed by atoms with Crippen LogP contribution in [-0.4, -0.2) is 61.7 Å². The summed E-state index contributed by atoms with van der Waals surface area (Å²) in [7, 11) is 1.70. The van der Waals surface area contributed by atoms with Crippen molar-refractivity contribution < 1.29 is 14.2 Å². The van der Waals surface area contributed by atoms with Gasteiger partial charge in [-0.15, -0.1) is 11.8 Å². The van der Waals surface area contributed by atoms with Crippen LogP contribution in [0.2, 0.25) is 0 Å². The van der Waals surface area contributed by atoms with E-state index in [0.717, 1.165) is 64.8 Å².